The molecule has 2 aromatic heterocycles. The molecule has 4 aromatic rings. The Morgan fingerprint density at radius 3 is 2.41 bits per heavy atom. The van der Waals surface area contributed by atoms with E-state index in [1.807, 2.05) is 71.0 Å². The van der Waals surface area contributed by atoms with Gasteiger partial charge in [0.2, 0.25) is 0 Å². The zero-order valence-electron chi connectivity index (χ0n) is 17.7. The molecule has 7 nitrogen and oxygen atoms in total. The number of carbonyl (C=O) groups is 2. The van der Waals surface area contributed by atoms with Crippen molar-refractivity contribution in [1.82, 2.24) is 14.5 Å². The molecular weight excluding hydrogens is 404 g/mol. The maximum absolute atomic E-state index is 13.0. The Hall–Kier alpha value is -4.31. The van der Waals surface area contributed by atoms with Crippen LogP contribution in [0.1, 0.15) is 17.5 Å². The fourth-order valence-electron chi connectivity index (χ4n) is 4.47. The highest BCUT2D eigenvalue weighted by molar-refractivity contribution is 6.50. The first kappa shape index (κ1) is 19.6. The average molecular weight is 424 g/mol. The first-order valence-electron chi connectivity index (χ1n) is 10.2. The summed E-state index contributed by atoms with van der Waals surface area (Å²) in [5.41, 5.74) is 3.88. The summed E-state index contributed by atoms with van der Waals surface area (Å²) in [5.74, 6) is -0.174. The number of amides is 2. The van der Waals surface area contributed by atoms with Gasteiger partial charge in [-0.1, -0.05) is 18.2 Å². The molecule has 2 amide bonds. The van der Waals surface area contributed by atoms with Crippen LogP contribution in [0.25, 0.3) is 33.0 Å². The second kappa shape index (κ2) is 7.43. The smallest absolute Gasteiger partial charge is 0.259 e. The molecule has 0 atom stereocenters. The van der Waals surface area contributed by atoms with Crippen LogP contribution in [0.2, 0.25) is 0 Å². The van der Waals surface area contributed by atoms with Gasteiger partial charge in [-0.25, -0.2) is 0 Å². The number of ether oxygens (including phenoxy) is 1. The fraction of sp³-hybridized carbons (Fsp3) is 0.160. The Morgan fingerprint density at radius 2 is 1.69 bits per heavy atom. The lowest BCUT2D eigenvalue weighted by atomic mass is 9.95. The number of nitriles is 1. The molecule has 0 unspecified atom stereocenters. The van der Waals surface area contributed by atoms with Crippen LogP contribution in [0.5, 0.6) is 5.75 Å². The summed E-state index contributed by atoms with van der Waals surface area (Å²) in [6, 6.07) is 15.5. The predicted octanol–water partition coefficient (Wildman–Crippen LogP) is 3.62. The van der Waals surface area contributed by atoms with Crippen LogP contribution in [0.15, 0.2) is 54.9 Å². The maximum Gasteiger partial charge on any atom is 0.259 e. The van der Waals surface area contributed by atoms with E-state index >= 15 is 0 Å². The number of benzene rings is 2. The highest BCUT2D eigenvalue weighted by atomic mass is 16.5. The summed E-state index contributed by atoms with van der Waals surface area (Å²) in [6.45, 7) is 0.501. The second-order valence-electron chi connectivity index (χ2n) is 7.73. The van der Waals surface area contributed by atoms with Crippen molar-refractivity contribution in [1.29, 1.82) is 5.26 Å². The van der Waals surface area contributed by atoms with Gasteiger partial charge >= 0.3 is 0 Å². The Labute approximate surface area is 184 Å². The molecule has 0 fully saturated rings. The zero-order chi connectivity index (χ0) is 22.4. The molecular formula is C25H20N4O3. The van der Waals surface area contributed by atoms with Crippen LogP contribution in [-0.2, 0) is 23.2 Å². The van der Waals surface area contributed by atoms with Gasteiger partial charge in [-0.15, -0.1) is 0 Å². The number of para-hydroxylation sites is 1. The molecule has 0 spiro atoms. The van der Waals surface area contributed by atoms with Crippen molar-refractivity contribution < 1.29 is 14.3 Å². The van der Waals surface area contributed by atoms with Gasteiger partial charge in [-0.05, 0) is 24.3 Å². The number of carbonyl (C=O) groups excluding carboxylic acids is 2. The normalized spacial score (nSPS) is 13.8. The van der Waals surface area contributed by atoms with E-state index < -0.39 is 11.8 Å². The third-order valence-corrected chi connectivity index (χ3v) is 5.92. The lowest BCUT2D eigenvalue weighted by molar-refractivity contribution is -0.122. The van der Waals surface area contributed by atoms with Gasteiger partial charge in [0.25, 0.3) is 11.8 Å². The SMILES string of the molecule is COc1ccc2c(c1)c(C1=C(c3cn(CCC#N)c4ccccc34)C(=O)NC1=O)cn2C. The number of nitrogens with one attached hydrogen (secondary N) is 1. The Balaban J connectivity index is 1.81. The van der Waals surface area contributed by atoms with Crippen LogP contribution in [0.3, 0.4) is 0 Å². The van der Waals surface area contributed by atoms with Crippen molar-refractivity contribution in [2.24, 2.45) is 7.05 Å². The maximum atomic E-state index is 13.0. The van der Waals surface area contributed by atoms with Gasteiger partial charge in [-0.2, -0.15) is 5.26 Å². The molecule has 0 radical (unpaired) electrons. The van der Waals surface area contributed by atoms with Gasteiger partial charge < -0.3 is 13.9 Å². The number of aromatic nitrogens is 2. The third-order valence-electron chi connectivity index (χ3n) is 5.92. The number of methoxy groups -OCH3 is 1. The fourth-order valence-corrected chi connectivity index (χ4v) is 4.47. The van der Waals surface area contributed by atoms with Crippen molar-refractivity contribution in [3.63, 3.8) is 0 Å². The molecule has 7 heteroatoms. The van der Waals surface area contributed by atoms with Crippen LogP contribution in [0.4, 0.5) is 0 Å². The molecule has 158 valence electrons. The monoisotopic (exact) mass is 424 g/mol. The number of fused-ring (bicyclic) bond motifs is 2. The number of hydrogen-bond donors (Lipinski definition) is 1. The van der Waals surface area contributed by atoms with Gasteiger partial charge in [0, 0.05) is 58.9 Å². The summed E-state index contributed by atoms with van der Waals surface area (Å²) in [6.07, 6.45) is 4.08. The highest BCUT2D eigenvalue weighted by Gasteiger charge is 2.35. The van der Waals surface area contributed by atoms with Gasteiger partial charge in [0.05, 0.1) is 30.7 Å². The minimum Gasteiger partial charge on any atom is -0.497 e. The minimum absolute atomic E-state index is 0.344. The van der Waals surface area contributed by atoms with Gasteiger partial charge in [-0.3, -0.25) is 14.9 Å². The molecule has 0 saturated carbocycles. The summed E-state index contributed by atoms with van der Waals surface area (Å²) in [5, 5.41) is 13.2. The first-order chi connectivity index (χ1) is 15.5. The predicted molar refractivity (Wildman–Crippen MR) is 122 cm³/mol. The van der Waals surface area contributed by atoms with E-state index in [0.29, 0.717) is 41.0 Å². The number of rotatable bonds is 5. The first-order valence-corrected chi connectivity index (χ1v) is 10.2. The van der Waals surface area contributed by atoms with Crippen molar-refractivity contribution in [3.05, 3.63) is 66.0 Å². The van der Waals surface area contributed by atoms with Gasteiger partial charge in [0.1, 0.15) is 5.75 Å². The largest absolute Gasteiger partial charge is 0.497 e. The molecule has 1 N–H and O–H groups in total. The Morgan fingerprint density at radius 1 is 0.969 bits per heavy atom. The van der Waals surface area contributed by atoms with Crippen molar-refractivity contribution in [2.45, 2.75) is 13.0 Å². The number of hydrogen-bond acceptors (Lipinski definition) is 4. The molecule has 2 aromatic carbocycles. The molecule has 0 bridgehead atoms. The topological polar surface area (TPSA) is 89.1 Å². The summed E-state index contributed by atoms with van der Waals surface area (Å²) in [7, 11) is 3.50. The minimum atomic E-state index is -0.423. The number of imide groups is 1. The number of nitrogens with zero attached hydrogens (tertiary/aromatic N) is 3. The van der Waals surface area contributed by atoms with E-state index in [9.17, 15) is 9.59 Å². The van der Waals surface area contributed by atoms with Crippen LogP contribution in [-0.4, -0.2) is 28.1 Å². The standard InChI is InChI=1S/C25H20N4O3/c1-28-13-18(17-12-15(32-2)8-9-20(17)28)22-23(25(31)27-24(22)30)19-14-29(11-5-10-26)21-7-4-3-6-16(19)21/h3-4,6-9,12-14H,5,11H2,1-2H3,(H,27,30,31). The molecule has 1 aliphatic heterocycles. The van der Waals surface area contributed by atoms with E-state index in [2.05, 4.69) is 11.4 Å². The van der Waals surface area contributed by atoms with Crippen LogP contribution in [0, 0.1) is 11.3 Å². The lowest BCUT2D eigenvalue weighted by Crippen LogP contribution is -2.22. The Kier molecular flexibility index (Phi) is 4.56. The molecule has 3 heterocycles. The summed E-state index contributed by atoms with van der Waals surface area (Å²) in [4.78, 5) is 26.0. The second-order valence-corrected chi connectivity index (χ2v) is 7.73. The molecule has 1 aliphatic rings. The van der Waals surface area contributed by atoms with E-state index in [1.165, 1.54) is 0 Å². The summed E-state index contributed by atoms with van der Waals surface area (Å²) >= 11 is 0. The van der Waals surface area contributed by atoms with Crippen molar-refractivity contribution in [2.75, 3.05) is 7.11 Å². The zero-order valence-corrected chi connectivity index (χ0v) is 17.7. The van der Waals surface area contributed by atoms with Gasteiger partial charge in [0.15, 0.2) is 0 Å². The number of aryl methyl sites for hydroxylation is 2. The average Bonchev–Trinajstić information content (AvgIpc) is 3.42. The van der Waals surface area contributed by atoms with E-state index in [1.54, 1.807) is 7.11 Å². The lowest BCUT2D eigenvalue weighted by Gasteiger charge is -2.04. The van der Waals surface area contributed by atoms with Crippen molar-refractivity contribution in [3.8, 4) is 11.8 Å². The van der Waals surface area contributed by atoms with Crippen molar-refractivity contribution >= 4 is 44.8 Å². The third kappa shape index (κ3) is 2.88. The van der Waals surface area contributed by atoms with E-state index in [0.717, 1.165) is 21.8 Å². The quantitative estimate of drug-likeness (QED) is 0.496. The molecule has 5 rings (SSSR count). The van der Waals surface area contributed by atoms with E-state index in [4.69, 9.17) is 10.00 Å². The molecule has 0 aliphatic carbocycles. The van der Waals surface area contributed by atoms with Crippen LogP contribution >= 0.6 is 0 Å². The molecule has 0 saturated heterocycles. The molecule has 32 heavy (non-hydrogen) atoms. The Bertz CT molecular complexity index is 1500. The van der Waals surface area contributed by atoms with E-state index in [-0.39, 0.29) is 0 Å². The van der Waals surface area contributed by atoms with Crippen LogP contribution < -0.4 is 10.1 Å². The summed E-state index contributed by atoms with van der Waals surface area (Å²) < 4.78 is 9.28. The highest BCUT2D eigenvalue weighted by Crippen LogP contribution is 2.39.